The molecule has 0 radical (unpaired) electrons. The van der Waals surface area contributed by atoms with E-state index >= 15 is 0 Å². The van der Waals surface area contributed by atoms with Crippen molar-refractivity contribution in [3.05, 3.63) is 88.5 Å². The van der Waals surface area contributed by atoms with Crippen LogP contribution < -0.4 is 10.0 Å². The minimum absolute atomic E-state index is 0.0265. The molecule has 33 heavy (non-hydrogen) atoms. The van der Waals surface area contributed by atoms with Crippen LogP contribution in [-0.4, -0.2) is 20.1 Å². The zero-order chi connectivity index (χ0) is 23.8. The van der Waals surface area contributed by atoms with E-state index in [1.54, 1.807) is 7.11 Å². The molecule has 174 valence electrons. The normalized spacial score (nSPS) is 12.2. The van der Waals surface area contributed by atoms with Crippen molar-refractivity contribution in [2.24, 2.45) is 4.99 Å². The summed E-state index contributed by atoms with van der Waals surface area (Å²) in [6.07, 6.45) is 4.07. The summed E-state index contributed by atoms with van der Waals surface area (Å²) in [5.41, 5.74) is 7.17. The van der Waals surface area contributed by atoms with E-state index in [0.717, 1.165) is 29.8 Å². The second-order valence-corrected chi connectivity index (χ2v) is 10.3. The lowest BCUT2D eigenvalue weighted by molar-refractivity contribution is 0.0494. The lowest BCUT2D eigenvalue weighted by Crippen LogP contribution is -2.25. The molecule has 0 bridgehead atoms. The first-order valence-electron chi connectivity index (χ1n) is 11.6. The third kappa shape index (κ3) is 5.91. The van der Waals surface area contributed by atoms with Crippen LogP contribution in [0.2, 0.25) is 0 Å². The average Bonchev–Trinajstić information content (AvgIpc) is 2.82. The SMILES string of the molecule is CCC(CC)(Pc1c(C)cccc1/C=N/c1ccccc1)c1cc(C)cc(C)c1OCOC. The van der Waals surface area contributed by atoms with Crippen molar-refractivity contribution >= 4 is 25.8 Å². The molecule has 0 spiro atoms. The fourth-order valence-electron chi connectivity index (χ4n) is 4.36. The first-order valence-corrected chi connectivity index (χ1v) is 12.6. The maximum absolute atomic E-state index is 6.14. The Morgan fingerprint density at radius 3 is 2.30 bits per heavy atom. The van der Waals surface area contributed by atoms with Crippen molar-refractivity contribution in [3.63, 3.8) is 0 Å². The molecule has 0 aliphatic carbocycles. The number of methoxy groups -OCH3 is 1. The van der Waals surface area contributed by atoms with Crippen molar-refractivity contribution in [1.82, 2.24) is 0 Å². The second-order valence-electron chi connectivity index (χ2n) is 8.56. The van der Waals surface area contributed by atoms with Crippen LogP contribution >= 0.6 is 8.58 Å². The summed E-state index contributed by atoms with van der Waals surface area (Å²) in [6, 6.07) is 21.1. The third-order valence-electron chi connectivity index (χ3n) is 6.24. The number of ether oxygens (including phenoxy) is 2. The largest absolute Gasteiger partial charge is 0.467 e. The maximum Gasteiger partial charge on any atom is 0.188 e. The summed E-state index contributed by atoms with van der Waals surface area (Å²) < 4.78 is 11.4. The number of benzene rings is 3. The molecule has 0 N–H and O–H groups in total. The van der Waals surface area contributed by atoms with Gasteiger partial charge in [-0.3, -0.25) is 4.99 Å². The van der Waals surface area contributed by atoms with Crippen molar-refractivity contribution in [2.45, 2.75) is 52.6 Å². The van der Waals surface area contributed by atoms with Crippen molar-refractivity contribution in [2.75, 3.05) is 13.9 Å². The average molecular weight is 462 g/mol. The molecular formula is C29H36NO2P. The van der Waals surface area contributed by atoms with Gasteiger partial charge in [-0.05, 0) is 62.2 Å². The van der Waals surface area contributed by atoms with Gasteiger partial charge in [-0.2, -0.15) is 0 Å². The standard InChI is InChI=1S/C29H36NO2P/c1-7-29(8-2,26-18-21(3)17-23(5)27(26)32-20-31-6)33-28-22(4)13-12-14-24(28)19-30-25-15-10-9-11-16-25/h9-19,33H,7-8,20H2,1-6H3/b30-19+. The highest BCUT2D eigenvalue weighted by molar-refractivity contribution is 7.49. The van der Waals surface area contributed by atoms with Gasteiger partial charge in [-0.25, -0.2) is 0 Å². The topological polar surface area (TPSA) is 30.8 Å². The molecular weight excluding hydrogens is 425 g/mol. The lowest BCUT2D eigenvalue weighted by Gasteiger charge is -2.36. The number of rotatable bonds is 10. The molecule has 3 nitrogen and oxygen atoms in total. The molecule has 3 aromatic carbocycles. The number of aliphatic imine (C=N–C) groups is 1. The van der Waals surface area contributed by atoms with E-state index in [1.165, 1.54) is 27.6 Å². The van der Waals surface area contributed by atoms with E-state index in [1.807, 2.05) is 36.5 Å². The maximum atomic E-state index is 6.14. The molecule has 0 aliphatic rings. The molecule has 0 amide bonds. The Morgan fingerprint density at radius 1 is 0.909 bits per heavy atom. The summed E-state index contributed by atoms with van der Waals surface area (Å²) in [6.45, 7) is 11.4. The van der Waals surface area contributed by atoms with Gasteiger partial charge in [-0.15, -0.1) is 0 Å². The van der Waals surface area contributed by atoms with Gasteiger partial charge in [0.2, 0.25) is 0 Å². The van der Waals surface area contributed by atoms with Crippen LogP contribution in [-0.2, 0) is 9.89 Å². The quantitative estimate of drug-likeness (QED) is 0.179. The fraction of sp³-hybridized carbons (Fsp3) is 0.345. The number of hydrogen-bond donors (Lipinski definition) is 0. The monoisotopic (exact) mass is 461 g/mol. The van der Waals surface area contributed by atoms with Gasteiger partial charge < -0.3 is 9.47 Å². The van der Waals surface area contributed by atoms with E-state index < -0.39 is 0 Å². The molecule has 1 unspecified atom stereocenters. The van der Waals surface area contributed by atoms with Crippen molar-refractivity contribution in [1.29, 1.82) is 0 Å². The van der Waals surface area contributed by atoms with Gasteiger partial charge in [0.1, 0.15) is 5.75 Å². The molecule has 0 fully saturated rings. The molecule has 3 aromatic rings. The van der Waals surface area contributed by atoms with E-state index in [2.05, 4.69) is 65.0 Å². The minimum atomic E-state index is -0.0265. The molecule has 0 aromatic heterocycles. The van der Waals surface area contributed by atoms with Crippen LogP contribution in [0.4, 0.5) is 5.69 Å². The molecule has 3 rings (SSSR count). The van der Waals surface area contributed by atoms with Crippen LogP contribution in [0.1, 0.15) is 54.5 Å². The number of hydrogen-bond acceptors (Lipinski definition) is 3. The van der Waals surface area contributed by atoms with E-state index in [0.29, 0.717) is 8.58 Å². The molecule has 0 aliphatic heterocycles. The summed E-state index contributed by atoms with van der Waals surface area (Å²) in [4.78, 5) is 4.76. The molecule has 0 saturated heterocycles. The predicted octanol–water partition coefficient (Wildman–Crippen LogP) is 7.36. The first kappa shape index (κ1) is 25.1. The van der Waals surface area contributed by atoms with Crippen molar-refractivity contribution in [3.8, 4) is 5.75 Å². The number of aryl methyl sites for hydroxylation is 3. The highest BCUT2D eigenvalue weighted by atomic mass is 31.1. The Labute approximate surface area is 201 Å². The van der Waals surface area contributed by atoms with Crippen LogP contribution in [0.15, 0.2) is 65.7 Å². The predicted molar refractivity (Wildman–Crippen MR) is 144 cm³/mol. The highest BCUT2D eigenvalue weighted by Crippen LogP contribution is 2.51. The van der Waals surface area contributed by atoms with Gasteiger partial charge in [0.25, 0.3) is 0 Å². The van der Waals surface area contributed by atoms with Gasteiger partial charge in [0.15, 0.2) is 6.79 Å². The number of nitrogens with zero attached hydrogens (tertiary/aromatic N) is 1. The van der Waals surface area contributed by atoms with Crippen LogP contribution in [0.5, 0.6) is 5.75 Å². The molecule has 0 heterocycles. The van der Waals surface area contributed by atoms with Gasteiger partial charge in [-0.1, -0.05) is 76.5 Å². The second kappa shape index (κ2) is 11.6. The minimum Gasteiger partial charge on any atom is -0.467 e. The van der Waals surface area contributed by atoms with Crippen LogP contribution in [0.25, 0.3) is 0 Å². The fourth-order valence-corrected chi connectivity index (χ4v) is 6.09. The Morgan fingerprint density at radius 2 is 1.64 bits per heavy atom. The van der Waals surface area contributed by atoms with Crippen molar-refractivity contribution < 1.29 is 9.47 Å². The molecule has 1 atom stereocenters. The summed E-state index contributed by atoms with van der Waals surface area (Å²) >= 11 is 0. The molecule has 4 heteroatoms. The Balaban J connectivity index is 2.09. The van der Waals surface area contributed by atoms with Gasteiger partial charge in [0.05, 0.1) is 5.69 Å². The zero-order valence-corrected chi connectivity index (χ0v) is 21.7. The van der Waals surface area contributed by atoms with Crippen LogP contribution in [0, 0.1) is 20.8 Å². The summed E-state index contributed by atoms with van der Waals surface area (Å²) in [5.74, 6) is 0.965. The smallest absolute Gasteiger partial charge is 0.188 e. The lowest BCUT2D eigenvalue weighted by atomic mass is 9.89. The Bertz CT molecular complexity index is 1090. The first-order chi connectivity index (χ1) is 15.9. The molecule has 0 saturated carbocycles. The zero-order valence-electron chi connectivity index (χ0n) is 20.7. The summed E-state index contributed by atoms with van der Waals surface area (Å²) in [5, 5.41) is 1.35. The Kier molecular flexibility index (Phi) is 8.83. The summed E-state index contributed by atoms with van der Waals surface area (Å²) in [7, 11) is 2.26. The highest BCUT2D eigenvalue weighted by Gasteiger charge is 2.34. The van der Waals surface area contributed by atoms with E-state index in [4.69, 9.17) is 14.5 Å². The van der Waals surface area contributed by atoms with E-state index in [-0.39, 0.29) is 11.9 Å². The van der Waals surface area contributed by atoms with Gasteiger partial charge in [0, 0.05) is 29.6 Å². The van der Waals surface area contributed by atoms with E-state index in [9.17, 15) is 0 Å². The van der Waals surface area contributed by atoms with Crippen LogP contribution in [0.3, 0.4) is 0 Å². The van der Waals surface area contributed by atoms with Gasteiger partial charge >= 0.3 is 0 Å². The Hall–Kier alpha value is -2.48. The third-order valence-corrected chi connectivity index (χ3v) is 8.63. The number of para-hydroxylation sites is 1.